The van der Waals surface area contributed by atoms with Crippen molar-refractivity contribution in [1.82, 2.24) is 0 Å². The highest BCUT2D eigenvalue weighted by molar-refractivity contribution is 5.29. The van der Waals surface area contributed by atoms with Crippen molar-refractivity contribution in [3.05, 3.63) is 34.9 Å². The second-order valence-corrected chi connectivity index (χ2v) is 4.28. The summed E-state index contributed by atoms with van der Waals surface area (Å²) in [5, 5.41) is 10.0. The third-order valence-electron chi connectivity index (χ3n) is 2.60. The van der Waals surface area contributed by atoms with E-state index >= 15 is 0 Å². The molecular formula is C14H22O2. The first-order valence-corrected chi connectivity index (χ1v) is 5.97. The van der Waals surface area contributed by atoms with Crippen molar-refractivity contribution in [2.24, 2.45) is 0 Å². The van der Waals surface area contributed by atoms with Crippen LogP contribution in [0.3, 0.4) is 0 Å². The molecule has 2 heteroatoms. The molecule has 1 unspecified atom stereocenters. The Bertz CT molecular complexity index is 300. The van der Waals surface area contributed by atoms with Crippen LogP contribution in [0.1, 0.15) is 42.6 Å². The Balaban J connectivity index is 2.48. The van der Waals surface area contributed by atoms with E-state index in [0.717, 1.165) is 31.6 Å². The molecule has 0 bridgehead atoms. The number of ether oxygens (including phenoxy) is 1. The molecule has 0 amide bonds. The van der Waals surface area contributed by atoms with Gasteiger partial charge in [0.25, 0.3) is 0 Å². The summed E-state index contributed by atoms with van der Waals surface area (Å²) < 4.78 is 5.26. The Labute approximate surface area is 98.3 Å². The predicted molar refractivity (Wildman–Crippen MR) is 66.6 cm³/mol. The lowest BCUT2D eigenvalue weighted by Crippen LogP contribution is -2.01. The Morgan fingerprint density at radius 3 is 2.38 bits per heavy atom. The fraction of sp³-hybridized carbons (Fsp3) is 0.571. The van der Waals surface area contributed by atoms with Gasteiger partial charge in [0.2, 0.25) is 0 Å². The second-order valence-electron chi connectivity index (χ2n) is 4.28. The molecule has 1 aromatic carbocycles. The van der Waals surface area contributed by atoms with Gasteiger partial charge in [-0.15, -0.1) is 0 Å². The Hall–Kier alpha value is -0.860. The molecule has 0 aliphatic heterocycles. The van der Waals surface area contributed by atoms with Crippen LogP contribution in [0.4, 0.5) is 0 Å². The lowest BCUT2D eigenvalue weighted by Gasteiger charge is -2.12. The summed E-state index contributed by atoms with van der Waals surface area (Å²) in [5.74, 6) is 0. The smallest absolute Gasteiger partial charge is 0.0791 e. The first-order valence-electron chi connectivity index (χ1n) is 5.97. The molecule has 0 aliphatic rings. The van der Waals surface area contributed by atoms with Gasteiger partial charge in [0, 0.05) is 13.2 Å². The zero-order valence-electron chi connectivity index (χ0n) is 10.5. The van der Waals surface area contributed by atoms with E-state index in [1.165, 1.54) is 11.1 Å². The van der Waals surface area contributed by atoms with Crippen LogP contribution in [0.15, 0.2) is 18.2 Å². The van der Waals surface area contributed by atoms with Crippen LogP contribution in [0.25, 0.3) is 0 Å². The van der Waals surface area contributed by atoms with Crippen LogP contribution < -0.4 is 0 Å². The van der Waals surface area contributed by atoms with E-state index in [0.29, 0.717) is 0 Å². The molecule has 0 saturated heterocycles. The number of aliphatic hydroxyl groups excluding tert-OH is 1. The molecule has 1 rings (SSSR count). The topological polar surface area (TPSA) is 29.5 Å². The summed E-state index contributed by atoms with van der Waals surface area (Å²) in [6, 6.07) is 6.23. The van der Waals surface area contributed by atoms with Gasteiger partial charge in [0.05, 0.1) is 6.10 Å². The summed E-state index contributed by atoms with van der Waals surface area (Å²) >= 11 is 0. The van der Waals surface area contributed by atoms with Gasteiger partial charge in [-0.2, -0.15) is 0 Å². The van der Waals surface area contributed by atoms with Gasteiger partial charge in [-0.3, -0.25) is 0 Å². The zero-order valence-corrected chi connectivity index (χ0v) is 10.5. The molecule has 0 aromatic heterocycles. The number of hydrogen-bond donors (Lipinski definition) is 1. The molecule has 0 saturated carbocycles. The highest BCUT2D eigenvalue weighted by atomic mass is 16.5. The molecule has 1 aromatic rings. The molecule has 0 heterocycles. The van der Waals surface area contributed by atoms with Crippen LogP contribution in [-0.4, -0.2) is 18.3 Å². The lowest BCUT2D eigenvalue weighted by molar-refractivity contribution is 0.114. The summed E-state index contributed by atoms with van der Waals surface area (Å²) in [7, 11) is 0. The van der Waals surface area contributed by atoms with E-state index in [2.05, 4.69) is 32.0 Å². The molecule has 1 atom stereocenters. The summed E-state index contributed by atoms with van der Waals surface area (Å²) in [4.78, 5) is 0. The minimum Gasteiger partial charge on any atom is -0.388 e. The van der Waals surface area contributed by atoms with Gasteiger partial charge >= 0.3 is 0 Å². The quantitative estimate of drug-likeness (QED) is 0.749. The van der Waals surface area contributed by atoms with Crippen LogP contribution in [0.5, 0.6) is 0 Å². The van der Waals surface area contributed by atoms with E-state index in [9.17, 15) is 5.11 Å². The molecule has 1 N–H and O–H groups in total. The monoisotopic (exact) mass is 222 g/mol. The fourth-order valence-electron chi connectivity index (χ4n) is 1.89. The van der Waals surface area contributed by atoms with E-state index in [4.69, 9.17) is 4.74 Å². The summed E-state index contributed by atoms with van der Waals surface area (Å²) in [6.45, 7) is 7.59. The maximum atomic E-state index is 10.0. The van der Waals surface area contributed by atoms with Gasteiger partial charge in [-0.05, 0) is 39.2 Å². The number of aliphatic hydroxyl groups is 1. The van der Waals surface area contributed by atoms with Crippen molar-refractivity contribution >= 4 is 0 Å². The molecule has 90 valence electrons. The van der Waals surface area contributed by atoms with Crippen LogP contribution in [-0.2, 0) is 4.74 Å². The molecule has 16 heavy (non-hydrogen) atoms. The van der Waals surface area contributed by atoms with Gasteiger partial charge in [-0.1, -0.05) is 29.3 Å². The van der Waals surface area contributed by atoms with E-state index < -0.39 is 0 Å². The van der Waals surface area contributed by atoms with Gasteiger partial charge in [0.15, 0.2) is 0 Å². The minimum atomic E-state index is -0.362. The molecule has 0 spiro atoms. The second kappa shape index (κ2) is 6.66. The van der Waals surface area contributed by atoms with E-state index in [-0.39, 0.29) is 6.10 Å². The minimum absolute atomic E-state index is 0.362. The average Bonchev–Trinajstić information content (AvgIpc) is 2.22. The van der Waals surface area contributed by atoms with Crippen molar-refractivity contribution in [2.75, 3.05) is 13.2 Å². The third-order valence-corrected chi connectivity index (χ3v) is 2.60. The summed E-state index contributed by atoms with van der Waals surface area (Å²) in [5.41, 5.74) is 3.44. The van der Waals surface area contributed by atoms with E-state index in [1.807, 2.05) is 6.92 Å². The molecular weight excluding hydrogens is 200 g/mol. The highest BCUT2D eigenvalue weighted by Crippen LogP contribution is 2.20. The van der Waals surface area contributed by atoms with Crippen LogP contribution in [0.2, 0.25) is 0 Å². The zero-order chi connectivity index (χ0) is 12.0. The van der Waals surface area contributed by atoms with Crippen molar-refractivity contribution < 1.29 is 9.84 Å². The third kappa shape index (κ3) is 4.33. The number of hydrogen-bond acceptors (Lipinski definition) is 2. The van der Waals surface area contributed by atoms with Crippen LogP contribution in [0, 0.1) is 13.8 Å². The van der Waals surface area contributed by atoms with Gasteiger partial charge in [0.1, 0.15) is 0 Å². The Morgan fingerprint density at radius 2 is 1.81 bits per heavy atom. The number of aryl methyl sites for hydroxylation is 2. The predicted octanol–water partition coefficient (Wildman–Crippen LogP) is 3.15. The Kier molecular flexibility index (Phi) is 5.50. The lowest BCUT2D eigenvalue weighted by atomic mass is 10.0. The molecule has 0 aliphatic carbocycles. The van der Waals surface area contributed by atoms with Crippen molar-refractivity contribution in [3.63, 3.8) is 0 Å². The largest absolute Gasteiger partial charge is 0.388 e. The van der Waals surface area contributed by atoms with Crippen molar-refractivity contribution in [3.8, 4) is 0 Å². The summed E-state index contributed by atoms with van der Waals surface area (Å²) in [6.07, 6.45) is 1.31. The van der Waals surface area contributed by atoms with Crippen LogP contribution >= 0.6 is 0 Å². The Morgan fingerprint density at radius 1 is 1.19 bits per heavy atom. The highest BCUT2D eigenvalue weighted by Gasteiger charge is 2.07. The number of benzene rings is 1. The standard InChI is InChI=1S/C14H22O2/c1-4-16-7-5-6-14(15)13-9-11(2)8-12(3)10-13/h8-10,14-15H,4-7H2,1-3H3. The normalized spacial score (nSPS) is 12.8. The first kappa shape index (κ1) is 13.2. The van der Waals surface area contributed by atoms with Gasteiger partial charge < -0.3 is 9.84 Å². The maximum Gasteiger partial charge on any atom is 0.0791 e. The maximum absolute atomic E-state index is 10.0. The molecule has 0 radical (unpaired) electrons. The van der Waals surface area contributed by atoms with Crippen molar-refractivity contribution in [2.45, 2.75) is 39.7 Å². The first-order chi connectivity index (χ1) is 7.63. The van der Waals surface area contributed by atoms with Gasteiger partial charge in [-0.25, -0.2) is 0 Å². The van der Waals surface area contributed by atoms with E-state index in [1.54, 1.807) is 0 Å². The SMILES string of the molecule is CCOCCCC(O)c1cc(C)cc(C)c1. The molecule has 2 nitrogen and oxygen atoms in total. The fourth-order valence-corrected chi connectivity index (χ4v) is 1.89. The van der Waals surface area contributed by atoms with Crippen molar-refractivity contribution in [1.29, 1.82) is 0 Å². The molecule has 0 fully saturated rings. The number of rotatable bonds is 6. The average molecular weight is 222 g/mol.